The second kappa shape index (κ2) is 23.5. The lowest BCUT2D eigenvalue weighted by Gasteiger charge is -2.14. The van der Waals surface area contributed by atoms with Crippen LogP contribution in [0.1, 0.15) is 0 Å². The molecule has 39 nitrogen and oxygen atoms in total. The Hall–Kier alpha value is -6.95. The normalized spacial score (nSPS) is 13.5. The minimum absolute atomic E-state index is 0.257. The number of nitrogens with one attached hydrogen (secondary N) is 2. The van der Waals surface area contributed by atoms with Crippen LogP contribution in [0.2, 0.25) is 5.28 Å². The lowest BCUT2D eigenvalue weighted by Crippen LogP contribution is -2.16. The summed E-state index contributed by atoms with van der Waals surface area (Å²) in [4.78, 5) is 2.45. The molecule has 5 aromatic carbocycles. The number of sulfone groups is 2. The number of nitrogen functional groups attached to an aromatic ring is 1. The maximum atomic E-state index is 13.0. The van der Waals surface area contributed by atoms with Crippen LogP contribution in [0.4, 0.5) is 51.7 Å². The minimum Gasteiger partial charge on any atom is -0.505 e. The molecule has 0 saturated heterocycles. The standard InChI is InChI=1S/C35H31ClN10O29S9/c36-33-40-34(42-35(41-33)39-21-12-18(14-26(31(21)47)82(65,66)67)77(51,52)8-6-75-84(71,72)73)38-16-1-4-22(78(53,54)55)20(11-16)44-46-30-25(81(62,63)64)10-15-9-24(80(59,60)61)29(28(37)27(15)32(30)48)45-43-19-3-2-17(13-23(19)79(56,57)58)76(49,50)7-5-74-83(68,69)70/h1-4,9-14,47-48H,5-8,37H2,(H,53,54,55)(H,56,57,58)(H,59,60,61)(H,62,63,64)(H,65,66,67)(H,68,69,70)(H,71,72,73)(H2,38,39,40,41,42). The van der Waals surface area contributed by atoms with Gasteiger partial charge in [-0.25, -0.2) is 25.2 Å². The largest absolute Gasteiger partial charge is 0.505 e. The molecule has 0 bridgehead atoms. The summed E-state index contributed by atoms with van der Waals surface area (Å²) in [6, 6.07) is 5.08. The fourth-order valence-electron chi connectivity index (χ4n) is 6.68. The Morgan fingerprint density at radius 3 is 1.45 bits per heavy atom. The van der Waals surface area contributed by atoms with Gasteiger partial charge >= 0.3 is 20.8 Å². The molecule has 0 aliphatic heterocycles. The third-order valence-corrected chi connectivity index (χ3v) is 19.0. The molecule has 0 radical (unpaired) electrons. The first kappa shape index (κ1) is 66.2. The summed E-state index contributed by atoms with van der Waals surface area (Å²) in [5.74, 6) is -6.82. The number of aromatic nitrogens is 3. The van der Waals surface area contributed by atoms with Crippen molar-refractivity contribution in [3.8, 4) is 11.5 Å². The number of hydrogen-bond donors (Lipinski definition) is 12. The van der Waals surface area contributed by atoms with E-state index in [0.29, 0.717) is 42.5 Å². The molecule has 0 amide bonds. The third-order valence-electron chi connectivity index (χ3n) is 10.2. The molecule has 6 aromatic rings. The lowest BCUT2D eigenvalue weighted by molar-refractivity contribution is 0.282. The number of halogens is 1. The van der Waals surface area contributed by atoms with E-state index in [1.165, 1.54) is 0 Å². The summed E-state index contributed by atoms with van der Waals surface area (Å²) in [6.07, 6.45) is 0. The van der Waals surface area contributed by atoms with Crippen molar-refractivity contribution in [3.63, 3.8) is 0 Å². The average Bonchev–Trinajstić information content (AvgIpc) is 0.932. The van der Waals surface area contributed by atoms with Gasteiger partial charge in [0.2, 0.25) is 17.2 Å². The quantitative estimate of drug-likeness (QED) is 0.0190. The van der Waals surface area contributed by atoms with E-state index in [0.717, 1.165) is 6.07 Å². The molecule has 0 saturated carbocycles. The highest BCUT2D eigenvalue weighted by atomic mass is 35.5. The van der Waals surface area contributed by atoms with E-state index in [-0.39, 0.29) is 12.1 Å². The summed E-state index contributed by atoms with van der Waals surface area (Å²) in [6.45, 7) is -2.41. The minimum atomic E-state index is -5.68. The van der Waals surface area contributed by atoms with Crippen molar-refractivity contribution in [1.29, 1.82) is 0 Å². The topological polar surface area (TPSA) is 646 Å². The molecule has 49 heteroatoms. The molecular weight excluding hydrogens is 1350 g/mol. The summed E-state index contributed by atoms with van der Waals surface area (Å²) in [5.41, 5.74) is -0.894. The van der Waals surface area contributed by atoms with Gasteiger partial charge in [-0.05, 0) is 77.7 Å². The van der Waals surface area contributed by atoms with Crippen molar-refractivity contribution in [1.82, 2.24) is 15.0 Å². The van der Waals surface area contributed by atoms with Crippen LogP contribution in [0.5, 0.6) is 11.5 Å². The van der Waals surface area contributed by atoms with Gasteiger partial charge in [-0.15, -0.1) is 20.5 Å². The number of phenolic OH excluding ortho intramolecular Hbond substituents is 2. The highest BCUT2D eigenvalue weighted by molar-refractivity contribution is 7.92. The van der Waals surface area contributed by atoms with Crippen molar-refractivity contribution >= 4 is 165 Å². The summed E-state index contributed by atoms with van der Waals surface area (Å²) >= 11 is 6.03. The molecule has 13 N–H and O–H groups in total. The Balaban J connectivity index is 1.45. The van der Waals surface area contributed by atoms with Crippen LogP contribution in [0.15, 0.2) is 115 Å². The number of rotatable bonds is 23. The number of phenols is 2. The number of aromatic hydroxyl groups is 2. The zero-order valence-corrected chi connectivity index (χ0v) is 48.2. The van der Waals surface area contributed by atoms with Crippen molar-refractivity contribution in [2.75, 3.05) is 41.1 Å². The predicted molar refractivity (Wildman–Crippen MR) is 279 cm³/mol. The number of fused-ring (bicyclic) bond motifs is 1. The number of hydrogen-bond acceptors (Lipinski definition) is 32. The van der Waals surface area contributed by atoms with Crippen molar-refractivity contribution in [2.24, 2.45) is 20.5 Å². The van der Waals surface area contributed by atoms with E-state index >= 15 is 0 Å². The van der Waals surface area contributed by atoms with Crippen molar-refractivity contribution in [2.45, 2.75) is 34.3 Å². The van der Waals surface area contributed by atoms with Crippen LogP contribution >= 0.6 is 11.6 Å². The lowest BCUT2D eigenvalue weighted by atomic mass is 10.1. The van der Waals surface area contributed by atoms with Gasteiger partial charge in [0.1, 0.15) is 47.2 Å². The van der Waals surface area contributed by atoms with Gasteiger partial charge in [0.25, 0.3) is 50.6 Å². The summed E-state index contributed by atoms with van der Waals surface area (Å²) in [5, 5.41) is 38.5. The molecule has 1 aromatic heterocycles. The molecule has 0 fully saturated rings. The highest BCUT2D eigenvalue weighted by Gasteiger charge is 2.31. The Bertz CT molecular complexity index is 4900. The Morgan fingerprint density at radius 2 is 0.940 bits per heavy atom. The van der Waals surface area contributed by atoms with Crippen LogP contribution in [0.3, 0.4) is 0 Å². The molecule has 0 spiro atoms. The first-order chi connectivity index (χ1) is 38.2. The SMILES string of the molecule is Nc1c(N=Nc2ccc(S(=O)(=O)CCOS(=O)(=O)O)cc2S(=O)(=O)O)c(S(=O)(=O)O)cc2cc(S(=O)(=O)O)c(N=Nc3cc(Nc4nc(Cl)nc(Nc5cc(S(=O)(=O)CCOS(=O)(=O)O)cc(S(=O)(=O)O)c5O)n4)ccc3S(=O)(=O)O)c(O)c12. The second-order valence-electron chi connectivity index (χ2n) is 15.9. The van der Waals surface area contributed by atoms with Gasteiger partial charge in [0.15, 0.2) is 31.2 Å². The van der Waals surface area contributed by atoms with E-state index in [1.807, 2.05) is 0 Å². The van der Waals surface area contributed by atoms with Gasteiger partial charge in [0, 0.05) is 5.69 Å². The Morgan fingerprint density at radius 1 is 0.476 bits per heavy atom. The van der Waals surface area contributed by atoms with Crippen LogP contribution < -0.4 is 16.4 Å². The molecule has 0 aliphatic rings. The Labute approximate surface area is 476 Å². The van der Waals surface area contributed by atoms with Crippen LogP contribution in [-0.2, 0) is 99.4 Å². The number of nitrogens with zero attached hydrogens (tertiary/aromatic N) is 7. The van der Waals surface area contributed by atoms with Crippen molar-refractivity contribution < 1.29 is 126 Å². The van der Waals surface area contributed by atoms with Crippen LogP contribution in [0.25, 0.3) is 10.8 Å². The van der Waals surface area contributed by atoms with Gasteiger partial charge in [-0.3, -0.25) is 31.9 Å². The fourth-order valence-corrected chi connectivity index (χ4v) is 13.2. The molecule has 6 rings (SSSR count). The van der Waals surface area contributed by atoms with Crippen molar-refractivity contribution in [3.05, 3.63) is 65.9 Å². The molecule has 0 aliphatic carbocycles. The summed E-state index contributed by atoms with van der Waals surface area (Å²) in [7, 11) is -47.5. The first-order valence-electron chi connectivity index (χ1n) is 20.8. The van der Waals surface area contributed by atoms with E-state index in [2.05, 4.69) is 54.4 Å². The molecule has 0 unspecified atom stereocenters. The number of benzene rings is 5. The monoisotopic (exact) mass is 1380 g/mol. The van der Waals surface area contributed by atoms with E-state index in [9.17, 15) is 109 Å². The Kier molecular flexibility index (Phi) is 18.5. The zero-order chi connectivity index (χ0) is 63.3. The molecule has 0 atom stereocenters. The maximum absolute atomic E-state index is 13.0. The highest BCUT2D eigenvalue weighted by Crippen LogP contribution is 2.49. The van der Waals surface area contributed by atoms with E-state index in [4.69, 9.17) is 26.4 Å². The maximum Gasteiger partial charge on any atom is 0.397 e. The molecule has 456 valence electrons. The molecular formula is C35H31ClN10O29S9. The van der Waals surface area contributed by atoms with Crippen LogP contribution in [0, 0.1) is 0 Å². The molecule has 84 heavy (non-hydrogen) atoms. The van der Waals surface area contributed by atoms with E-state index < -0.39 is 229 Å². The molecule has 1 heterocycles. The van der Waals surface area contributed by atoms with Crippen LogP contribution in [-0.4, -0.2) is 158 Å². The van der Waals surface area contributed by atoms with E-state index in [1.54, 1.807) is 0 Å². The number of azo groups is 2. The smallest absolute Gasteiger partial charge is 0.397 e. The average molecular weight is 1380 g/mol. The van der Waals surface area contributed by atoms with Gasteiger partial charge in [-0.1, -0.05) is 0 Å². The van der Waals surface area contributed by atoms with Gasteiger partial charge in [0.05, 0.1) is 51.3 Å². The second-order valence-corrected chi connectivity index (χ2v) is 29.5. The predicted octanol–water partition coefficient (Wildman–Crippen LogP) is 2.41. The number of anilines is 5. The number of nitrogens with two attached hydrogens (primary N) is 1. The first-order valence-corrected chi connectivity index (χ1v) is 34.4. The zero-order valence-electron chi connectivity index (χ0n) is 40.1. The summed E-state index contributed by atoms with van der Waals surface area (Å²) < 4.78 is 296. The van der Waals surface area contributed by atoms with Gasteiger partial charge in [-0.2, -0.15) is 73.9 Å². The van der Waals surface area contributed by atoms with Gasteiger partial charge < -0.3 is 26.6 Å². The third kappa shape index (κ3) is 16.3. The fraction of sp³-hybridized carbons (Fsp3) is 0.114.